The summed E-state index contributed by atoms with van der Waals surface area (Å²) in [6.07, 6.45) is 4.90. The molecule has 1 atom stereocenters. The standard InChI is InChI=1S/C39H47N7O7S/c40-35(14-6-9-24-43-36(47)19-25-45(28-30-10-4-7-22-41-30)29-31-11-5-8-23-42-31)37(48)46-26-20-39(21-27-46,38(49)44-50)54(51,52)34-17-15-33(16-18-34)53-32-12-2-1-3-13-32/h1-5,7-8,10-13,15-18,22-23,35,50H,6,9,14,19-21,24-29,40H2,(H,43,47)(H,44,49)/t35-/m0/s1. The van der Waals surface area contributed by atoms with E-state index in [9.17, 15) is 28.0 Å². The minimum Gasteiger partial charge on any atom is -0.457 e. The maximum atomic E-state index is 13.9. The fourth-order valence-electron chi connectivity index (χ4n) is 6.42. The molecule has 0 saturated carbocycles. The highest BCUT2D eigenvalue weighted by molar-refractivity contribution is 7.93. The first-order chi connectivity index (χ1) is 26.1. The fraction of sp³-hybridized carbons (Fsp3) is 0.359. The maximum absolute atomic E-state index is 13.9. The molecule has 0 bridgehead atoms. The number of rotatable bonds is 18. The summed E-state index contributed by atoms with van der Waals surface area (Å²) in [6.45, 7) is 2.04. The molecule has 1 fully saturated rings. The number of ether oxygens (including phenoxy) is 1. The van der Waals surface area contributed by atoms with Crippen molar-refractivity contribution < 1.29 is 32.7 Å². The number of pyridine rings is 2. The van der Waals surface area contributed by atoms with Crippen molar-refractivity contribution in [2.24, 2.45) is 5.73 Å². The van der Waals surface area contributed by atoms with Crippen molar-refractivity contribution in [3.63, 3.8) is 0 Å². The second kappa shape index (κ2) is 19.2. The molecule has 5 N–H and O–H groups in total. The number of carbonyl (C=O) groups is 3. The van der Waals surface area contributed by atoms with E-state index in [1.165, 1.54) is 34.6 Å². The first-order valence-corrected chi connectivity index (χ1v) is 19.4. The molecule has 4 aromatic rings. The number of likely N-dealkylation sites (tertiary alicyclic amines) is 1. The van der Waals surface area contributed by atoms with Crippen molar-refractivity contribution in [3.8, 4) is 11.5 Å². The van der Waals surface area contributed by atoms with Gasteiger partial charge in [0.05, 0.1) is 22.3 Å². The first kappa shape index (κ1) is 40.0. The van der Waals surface area contributed by atoms with Crippen LogP contribution in [-0.4, -0.2) is 88.1 Å². The highest BCUT2D eigenvalue weighted by Crippen LogP contribution is 2.37. The topological polar surface area (TPSA) is 197 Å². The molecule has 0 radical (unpaired) electrons. The van der Waals surface area contributed by atoms with Gasteiger partial charge in [-0.3, -0.25) is 34.5 Å². The number of nitrogens with one attached hydrogen (secondary N) is 2. The SMILES string of the molecule is N[C@@H](CCCCNC(=O)CCN(Cc1ccccn1)Cc1ccccn1)C(=O)N1CCC(C(=O)NO)(S(=O)(=O)c2ccc(Oc3ccccc3)cc2)CC1. The number of amides is 3. The van der Waals surface area contributed by atoms with E-state index in [-0.39, 0.29) is 42.6 Å². The molecule has 0 spiro atoms. The summed E-state index contributed by atoms with van der Waals surface area (Å²) >= 11 is 0. The fourth-order valence-corrected chi connectivity index (χ4v) is 8.38. The van der Waals surface area contributed by atoms with E-state index in [0.29, 0.717) is 63.4 Å². The summed E-state index contributed by atoms with van der Waals surface area (Å²) in [5.74, 6) is -0.501. The molecule has 2 aromatic heterocycles. The molecule has 1 aliphatic heterocycles. The Bertz CT molecular complexity index is 1870. The number of nitrogens with zero attached hydrogens (tertiary/aromatic N) is 4. The normalized spacial score (nSPS) is 14.6. The van der Waals surface area contributed by atoms with Gasteiger partial charge in [-0.2, -0.15) is 0 Å². The smallest absolute Gasteiger partial charge is 0.265 e. The highest BCUT2D eigenvalue weighted by Gasteiger charge is 2.53. The Morgan fingerprint density at radius 3 is 2.02 bits per heavy atom. The van der Waals surface area contributed by atoms with Gasteiger partial charge in [0.15, 0.2) is 14.6 Å². The van der Waals surface area contributed by atoms with Crippen LogP contribution in [0, 0.1) is 0 Å². The molecule has 1 aliphatic rings. The molecule has 0 unspecified atom stereocenters. The first-order valence-electron chi connectivity index (χ1n) is 18.0. The van der Waals surface area contributed by atoms with Gasteiger partial charge in [-0.15, -0.1) is 0 Å². The molecule has 3 heterocycles. The summed E-state index contributed by atoms with van der Waals surface area (Å²) < 4.78 is 31.5. The number of piperidine rings is 1. The number of sulfone groups is 1. The molecule has 0 aliphatic carbocycles. The molecule has 286 valence electrons. The summed E-state index contributed by atoms with van der Waals surface area (Å²) in [6, 6.07) is 25.4. The number of para-hydroxylation sites is 1. The Hall–Kier alpha value is -5.22. The van der Waals surface area contributed by atoms with Crippen LogP contribution in [0.3, 0.4) is 0 Å². The Labute approximate surface area is 315 Å². The van der Waals surface area contributed by atoms with Gasteiger partial charge in [0, 0.05) is 58.1 Å². The number of nitrogens with two attached hydrogens (primary N) is 1. The van der Waals surface area contributed by atoms with Crippen LogP contribution < -0.4 is 21.3 Å². The van der Waals surface area contributed by atoms with Crippen molar-refractivity contribution >= 4 is 27.6 Å². The average Bonchev–Trinajstić information content (AvgIpc) is 3.20. The zero-order valence-electron chi connectivity index (χ0n) is 30.0. The third-order valence-corrected chi connectivity index (χ3v) is 12.0. The zero-order valence-corrected chi connectivity index (χ0v) is 30.9. The molecule has 1 saturated heterocycles. The third kappa shape index (κ3) is 10.5. The predicted molar refractivity (Wildman–Crippen MR) is 201 cm³/mol. The predicted octanol–water partition coefficient (Wildman–Crippen LogP) is 3.62. The van der Waals surface area contributed by atoms with E-state index in [4.69, 9.17) is 10.5 Å². The Morgan fingerprint density at radius 1 is 0.852 bits per heavy atom. The van der Waals surface area contributed by atoms with E-state index < -0.39 is 26.5 Å². The van der Waals surface area contributed by atoms with E-state index in [1.54, 1.807) is 24.5 Å². The van der Waals surface area contributed by atoms with Gasteiger partial charge in [-0.25, -0.2) is 13.9 Å². The number of unbranched alkanes of at least 4 members (excludes halogenated alkanes) is 1. The summed E-state index contributed by atoms with van der Waals surface area (Å²) in [5, 5.41) is 12.5. The number of hydrogen-bond donors (Lipinski definition) is 4. The van der Waals surface area contributed by atoms with Gasteiger partial charge in [-0.1, -0.05) is 30.3 Å². The van der Waals surface area contributed by atoms with Crippen LogP contribution in [0.5, 0.6) is 11.5 Å². The van der Waals surface area contributed by atoms with Crippen molar-refractivity contribution in [1.82, 2.24) is 30.6 Å². The highest BCUT2D eigenvalue weighted by atomic mass is 32.2. The van der Waals surface area contributed by atoms with Crippen LogP contribution in [0.25, 0.3) is 0 Å². The molecular weight excluding hydrogens is 711 g/mol. The Morgan fingerprint density at radius 2 is 1.44 bits per heavy atom. The Kier molecular flexibility index (Phi) is 14.2. The van der Waals surface area contributed by atoms with E-state index in [1.807, 2.05) is 54.6 Å². The van der Waals surface area contributed by atoms with Gasteiger partial charge in [-0.05, 0) is 92.8 Å². The molecule has 5 rings (SSSR count). The number of benzene rings is 2. The Balaban J connectivity index is 1.06. The lowest BCUT2D eigenvalue weighted by molar-refractivity contribution is -0.138. The lowest BCUT2D eigenvalue weighted by Gasteiger charge is -2.40. The van der Waals surface area contributed by atoms with Gasteiger partial charge < -0.3 is 20.7 Å². The molecule has 15 heteroatoms. The third-order valence-electron chi connectivity index (χ3n) is 9.49. The summed E-state index contributed by atoms with van der Waals surface area (Å²) in [4.78, 5) is 51.2. The number of hydroxylamine groups is 1. The van der Waals surface area contributed by atoms with Gasteiger partial charge >= 0.3 is 0 Å². The summed E-state index contributed by atoms with van der Waals surface area (Å²) in [7, 11) is -4.30. The monoisotopic (exact) mass is 757 g/mol. The van der Waals surface area contributed by atoms with Crippen LogP contribution in [-0.2, 0) is 37.3 Å². The van der Waals surface area contributed by atoms with Crippen molar-refractivity contribution in [2.45, 2.75) is 67.3 Å². The van der Waals surface area contributed by atoms with E-state index >= 15 is 0 Å². The van der Waals surface area contributed by atoms with Crippen molar-refractivity contribution in [3.05, 3.63) is 115 Å². The maximum Gasteiger partial charge on any atom is 0.265 e. The molecule has 54 heavy (non-hydrogen) atoms. The van der Waals surface area contributed by atoms with Crippen LogP contribution in [0.15, 0.2) is 108 Å². The number of aromatic nitrogens is 2. The van der Waals surface area contributed by atoms with Crippen molar-refractivity contribution in [2.75, 3.05) is 26.2 Å². The van der Waals surface area contributed by atoms with Crippen LogP contribution in [0.1, 0.15) is 49.9 Å². The zero-order chi connectivity index (χ0) is 38.4. The molecule has 3 amide bonds. The second-order valence-corrected chi connectivity index (χ2v) is 15.5. The molecule has 14 nitrogen and oxygen atoms in total. The minimum atomic E-state index is -4.30. The van der Waals surface area contributed by atoms with Crippen LogP contribution >= 0.6 is 0 Å². The largest absolute Gasteiger partial charge is 0.457 e. The van der Waals surface area contributed by atoms with Crippen molar-refractivity contribution in [1.29, 1.82) is 0 Å². The lowest BCUT2D eigenvalue weighted by Crippen LogP contribution is -2.59. The lowest BCUT2D eigenvalue weighted by atomic mass is 9.94. The van der Waals surface area contributed by atoms with Gasteiger partial charge in [0.2, 0.25) is 11.8 Å². The van der Waals surface area contributed by atoms with Gasteiger partial charge in [0.1, 0.15) is 11.5 Å². The van der Waals surface area contributed by atoms with E-state index in [0.717, 1.165) is 11.4 Å². The second-order valence-electron chi connectivity index (χ2n) is 13.2. The van der Waals surface area contributed by atoms with Gasteiger partial charge in [0.25, 0.3) is 5.91 Å². The average molecular weight is 758 g/mol. The number of carbonyl (C=O) groups excluding carboxylic acids is 3. The van der Waals surface area contributed by atoms with Crippen LogP contribution in [0.2, 0.25) is 0 Å². The minimum absolute atomic E-state index is 0.0396. The van der Waals surface area contributed by atoms with E-state index in [2.05, 4.69) is 20.2 Å². The van der Waals surface area contributed by atoms with Crippen LogP contribution in [0.4, 0.5) is 0 Å². The summed E-state index contributed by atoms with van der Waals surface area (Å²) in [5.41, 5.74) is 9.60. The molecule has 2 aromatic carbocycles. The quantitative estimate of drug-likeness (QED) is 0.0658. The number of hydrogen-bond acceptors (Lipinski definition) is 11. The molecular formula is C39H47N7O7S.